The lowest BCUT2D eigenvalue weighted by atomic mass is 9.95. The third-order valence-electron chi connectivity index (χ3n) is 8.91. The Kier molecular flexibility index (Phi) is 14.1. The summed E-state index contributed by atoms with van der Waals surface area (Å²) in [6.07, 6.45) is 8.10. The van der Waals surface area contributed by atoms with Gasteiger partial charge in [0.15, 0.2) is 11.9 Å². The van der Waals surface area contributed by atoms with Gasteiger partial charge in [0, 0.05) is 39.7 Å². The first kappa shape index (κ1) is 40.3. The van der Waals surface area contributed by atoms with Crippen LogP contribution in [0.5, 0.6) is 5.75 Å². The Morgan fingerprint density at radius 2 is 1.52 bits per heavy atom. The van der Waals surface area contributed by atoms with E-state index in [4.69, 9.17) is 4.74 Å². The van der Waals surface area contributed by atoms with Gasteiger partial charge >= 0.3 is 5.97 Å². The summed E-state index contributed by atoms with van der Waals surface area (Å²) < 4.78 is 5.89. The lowest BCUT2D eigenvalue weighted by Gasteiger charge is -2.24. The van der Waals surface area contributed by atoms with Gasteiger partial charge in [-0.1, -0.05) is 95.8 Å². The molecule has 0 saturated carbocycles. The molecule has 3 aromatic heterocycles. The van der Waals surface area contributed by atoms with Crippen LogP contribution in [0.25, 0.3) is 22.5 Å². The van der Waals surface area contributed by atoms with Crippen LogP contribution in [-0.2, 0) is 21.4 Å². The monoisotopic (exact) mass is 768 g/mol. The number of unbranched alkanes of at least 4 members (excludes halogenated alkanes) is 4. The first-order valence-electron chi connectivity index (χ1n) is 18.2. The predicted molar refractivity (Wildman–Crippen MR) is 214 cm³/mol. The van der Waals surface area contributed by atoms with Gasteiger partial charge in [-0.25, -0.2) is 14.8 Å². The van der Waals surface area contributed by atoms with Crippen LogP contribution in [-0.4, -0.2) is 56.7 Å². The number of amides is 2. The molecule has 284 valence electrons. The molecule has 0 radical (unpaired) electrons. The van der Waals surface area contributed by atoms with E-state index in [2.05, 4.69) is 48.3 Å². The summed E-state index contributed by atoms with van der Waals surface area (Å²) >= 11 is 2.52. The van der Waals surface area contributed by atoms with Crippen molar-refractivity contribution in [3.8, 4) is 28.3 Å². The number of ether oxygens (including phenoxy) is 1. The first-order valence-corrected chi connectivity index (χ1v) is 19.9. The van der Waals surface area contributed by atoms with E-state index < -0.39 is 36.0 Å². The molecule has 12 heteroatoms. The minimum atomic E-state index is -1.62. The van der Waals surface area contributed by atoms with Crippen LogP contribution in [0.4, 0.5) is 0 Å². The lowest BCUT2D eigenvalue weighted by Crippen LogP contribution is -2.54. The molecular weight excluding hydrogens is 721 g/mol. The van der Waals surface area contributed by atoms with Gasteiger partial charge < -0.3 is 25.6 Å². The molecule has 0 bridgehead atoms. The van der Waals surface area contributed by atoms with Crippen LogP contribution in [0.3, 0.4) is 0 Å². The quantitative estimate of drug-likeness (QED) is 0.0652. The molecule has 2 aromatic carbocycles. The molecular formula is C42H48N4O6S2. The number of aliphatic hydroxyl groups excluding tert-OH is 1. The fourth-order valence-electron chi connectivity index (χ4n) is 5.75. The summed E-state index contributed by atoms with van der Waals surface area (Å²) in [5.41, 5.74) is 3.16. The Labute approximate surface area is 324 Å². The van der Waals surface area contributed by atoms with Crippen molar-refractivity contribution >= 4 is 40.5 Å². The highest BCUT2D eigenvalue weighted by molar-refractivity contribution is 7.14. The summed E-state index contributed by atoms with van der Waals surface area (Å²) in [7, 11) is 0. The molecule has 3 heterocycles. The highest BCUT2D eigenvalue weighted by Gasteiger charge is 2.33. The molecule has 54 heavy (non-hydrogen) atoms. The van der Waals surface area contributed by atoms with E-state index in [0.717, 1.165) is 33.7 Å². The van der Waals surface area contributed by atoms with E-state index in [1.807, 2.05) is 54.6 Å². The molecule has 5 rings (SSSR count). The van der Waals surface area contributed by atoms with E-state index in [1.165, 1.54) is 48.4 Å². The fraction of sp³-hybridized carbons (Fsp3) is 0.357. The summed E-state index contributed by atoms with van der Waals surface area (Å²) in [4.78, 5) is 50.3. The maximum Gasteiger partial charge on any atom is 0.329 e. The zero-order valence-corrected chi connectivity index (χ0v) is 32.7. The van der Waals surface area contributed by atoms with Gasteiger partial charge in [0.25, 0.3) is 5.91 Å². The second-order valence-corrected chi connectivity index (χ2v) is 16.3. The summed E-state index contributed by atoms with van der Waals surface area (Å²) in [5, 5.41) is 27.7. The molecule has 3 atom stereocenters. The minimum Gasteiger partial charge on any atom is -0.494 e. The molecule has 0 aliphatic rings. The highest BCUT2D eigenvalue weighted by atomic mass is 32.1. The van der Waals surface area contributed by atoms with Crippen molar-refractivity contribution in [3.63, 3.8) is 0 Å². The largest absolute Gasteiger partial charge is 0.494 e. The number of rotatable bonds is 18. The number of aliphatic carboxylic acids is 1. The van der Waals surface area contributed by atoms with E-state index in [1.54, 1.807) is 36.0 Å². The topological polar surface area (TPSA) is 151 Å². The van der Waals surface area contributed by atoms with Crippen molar-refractivity contribution in [1.29, 1.82) is 0 Å². The number of aromatic nitrogens is 2. The summed E-state index contributed by atoms with van der Waals surface area (Å²) in [6.45, 7) is 9.07. The summed E-state index contributed by atoms with van der Waals surface area (Å²) in [6, 6.07) is 19.4. The van der Waals surface area contributed by atoms with E-state index in [-0.39, 0.29) is 11.8 Å². The Hall–Kier alpha value is -4.91. The van der Waals surface area contributed by atoms with Crippen molar-refractivity contribution < 1.29 is 29.3 Å². The molecule has 5 aromatic rings. The maximum absolute atomic E-state index is 13.7. The summed E-state index contributed by atoms with van der Waals surface area (Å²) in [5.74, 6) is -1.22. The van der Waals surface area contributed by atoms with E-state index in [9.17, 15) is 24.6 Å². The Morgan fingerprint density at radius 1 is 0.833 bits per heavy atom. The number of hydrogen-bond donors (Lipinski definition) is 4. The Morgan fingerprint density at radius 3 is 2.13 bits per heavy atom. The van der Waals surface area contributed by atoms with Crippen LogP contribution in [0, 0.1) is 0 Å². The average Bonchev–Trinajstić information content (AvgIpc) is 3.90. The molecule has 0 spiro atoms. The second kappa shape index (κ2) is 18.9. The van der Waals surface area contributed by atoms with Gasteiger partial charge in [-0.3, -0.25) is 9.59 Å². The number of thiophene rings is 2. The Bertz CT molecular complexity index is 1950. The number of carboxylic acid groups (broad SMARTS) is 1. The molecule has 3 unspecified atom stereocenters. The fourth-order valence-corrected chi connectivity index (χ4v) is 7.46. The smallest absolute Gasteiger partial charge is 0.329 e. The number of carbonyl (C=O) groups is 3. The number of aliphatic hydroxyl groups is 1. The second-order valence-electron chi connectivity index (χ2n) is 14.2. The number of carboxylic acids is 1. The number of carbonyl (C=O) groups excluding carboxylic acids is 2. The standard InChI is InChI=1S/C42H48N4O6S2/c1-5-6-7-8-9-22-52-31-18-16-28(17-19-31)30-25-43-38(44-26-30)29-14-12-27(13-15-29)24-32(45-40(49)34-20-21-35(54-34)42(2,3)4)39(48)46-36(41(50)51)37(47)33-11-10-23-53-33/h10-21,23,25-26,32,36-37,47H,5-9,22,24H2,1-4H3,(H,45,49)(H,46,48)(H,50,51). The van der Waals surface area contributed by atoms with Gasteiger partial charge in [-0.15, -0.1) is 22.7 Å². The number of nitrogens with zero attached hydrogens (tertiary/aromatic N) is 2. The molecule has 2 amide bonds. The number of benzene rings is 2. The zero-order valence-electron chi connectivity index (χ0n) is 31.1. The van der Waals surface area contributed by atoms with Gasteiger partial charge in [0.05, 0.1) is 11.5 Å². The number of nitrogens with one attached hydrogen (secondary N) is 2. The third kappa shape index (κ3) is 11.1. The first-order chi connectivity index (χ1) is 25.9. The van der Waals surface area contributed by atoms with Crippen molar-refractivity contribution in [2.24, 2.45) is 0 Å². The van der Waals surface area contributed by atoms with Crippen molar-refractivity contribution in [3.05, 3.63) is 111 Å². The minimum absolute atomic E-state index is 0.0646. The van der Waals surface area contributed by atoms with Crippen LogP contribution < -0.4 is 15.4 Å². The van der Waals surface area contributed by atoms with Gasteiger partial charge in [0.2, 0.25) is 5.91 Å². The molecule has 0 aliphatic carbocycles. The number of hydrogen-bond acceptors (Lipinski definition) is 9. The van der Waals surface area contributed by atoms with Crippen LogP contribution >= 0.6 is 22.7 Å². The average molecular weight is 769 g/mol. The van der Waals surface area contributed by atoms with Crippen molar-refractivity contribution in [1.82, 2.24) is 20.6 Å². The zero-order chi connectivity index (χ0) is 38.7. The Balaban J connectivity index is 1.26. The van der Waals surface area contributed by atoms with Crippen LogP contribution in [0.1, 0.15) is 90.9 Å². The normalized spacial score (nSPS) is 13.1. The van der Waals surface area contributed by atoms with E-state index in [0.29, 0.717) is 27.7 Å². The molecule has 4 N–H and O–H groups in total. The van der Waals surface area contributed by atoms with Gasteiger partial charge in [-0.05, 0) is 58.7 Å². The molecule has 10 nitrogen and oxygen atoms in total. The van der Waals surface area contributed by atoms with Gasteiger partial charge in [-0.2, -0.15) is 0 Å². The molecule has 0 saturated heterocycles. The highest BCUT2D eigenvalue weighted by Crippen LogP contribution is 2.30. The van der Waals surface area contributed by atoms with Crippen molar-refractivity contribution in [2.45, 2.75) is 89.8 Å². The molecule has 0 aliphatic heterocycles. The SMILES string of the molecule is CCCCCCCOc1ccc(-c2cnc(-c3ccc(CC(NC(=O)c4ccc(C(C)(C)C)s4)C(=O)NC(C(=O)O)C(O)c4cccs4)cc3)nc2)cc1. The molecule has 0 fully saturated rings. The van der Waals surface area contributed by atoms with Crippen LogP contribution in [0.15, 0.2) is 90.6 Å². The predicted octanol–water partition coefficient (Wildman–Crippen LogP) is 8.22. The van der Waals surface area contributed by atoms with E-state index >= 15 is 0 Å². The lowest BCUT2D eigenvalue weighted by molar-refractivity contribution is -0.145. The van der Waals surface area contributed by atoms with Crippen molar-refractivity contribution in [2.75, 3.05) is 6.61 Å². The maximum atomic E-state index is 13.7. The van der Waals surface area contributed by atoms with Gasteiger partial charge in [0.1, 0.15) is 17.9 Å². The van der Waals surface area contributed by atoms with Crippen LogP contribution in [0.2, 0.25) is 0 Å². The third-order valence-corrected chi connectivity index (χ3v) is 11.4.